The predicted molar refractivity (Wildman–Crippen MR) is 89.0 cm³/mol. The number of hydroxylamine groups is 3. The van der Waals surface area contributed by atoms with Crippen molar-refractivity contribution in [1.82, 2.24) is 5.06 Å². The van der Waals surface area contributed by atoms with Crippen LogP contribution < -0.4 is 4.74 Å². The summed E-state index contributed by atoms with van der Waals surface area (Å²) in [6, 6.07) is 6.84. The average Bonchev–Trinajstić information content (AvgIpc) is 2.66. The Morgan fingerprint density at radius 1 is 1.29 bits per heavy atom. The lowest BCUT2D eigenvalue weighted by Crippen LogP contribution is -2.53. The lowest BCUT2D eigenvalue weighted by Gasteiger charge is -2.32. The van der Waals surface area contributed by atoms with Gasteiger partial charge in [0.25, 0.3) is 0 Å². The van der Waals surface area contributed by atoms with E-state index >= 15 is 0 Å². The van der Waals surface area contributed by atoms with Crippen molar-refractivity contribution >= 4 is 5.84 Å². The number of amidine groups is 1. The van der Waals surface area contributed by atoms with E-state index in [9.17, 15) is 10.4 Å². The van der Waals surface area contributed by atoms with E-state index in [1.54, 1.807) is 52.0 Å². The molecule has 0 unspecified atom stereocenters. The molecule has 1 heterocycles. The molecule has 1 aromatic rings. The topological polar surface area (TPSA) is 107 Å². The van der Waals surface area contributed by atoms with E-state index in [0.29, 0.717) is 30.9 Å². The van der Waals surface area contributed by atoms with Crippen molar-refractivity contribution in [2.75, 3.05) is 13.2 Å². The van der Waals surface area contributed by atoms with Gasteiger partial charge in [0.05, 0.1) is 12.2 Å². The standard InChI is InChI=1S/C16H22N5O3/c1-15(2)16(3,4)21(23)14(20(15)22)12-6-8-13(9-7-12)24-11-5-10-18-19-17/h6-9H,5,10-11H2,1-4H3. The second-order valence-corrected chi connectivity index (χ2v) is 6.71. The monoisotopic (exact) mass is 332 g/mol. The van der Waals surface area contributed by atoms with Crippen LogP contribution in [0.5, 0.6) is 5.75 Å². The Labute approximate surface area is 141 Å². The number of ether oxygens (including phenoxy) is 1. The Balaban J connectivity index is 2.13. The Hall–Kier alpha value is -2.44. The van der Waals surface area contributed by atoms with E-state index in [1.807, 2.05) is 0 Å². The summed E-state index contributed by atoms with van der Waals surface area (Å²) in [6.45, 7) is 7.86. The number of benzene rings is 1. The minimum atomic E-state index is -0.833. The largest absolute Gasteiger partial charge is 0.714 e. The molecule has 0 bridgehead atoms. The van der Waals surface area contributed by atoms with Gasteiger partial charge in [-0.2, -0.15) is 0 Å². The van der Waals surface area contributed by atoms with Crippen LogP contribution in [0.15, 0.2) is 29.4 Å². The van der Waals surface area contributed by atoms with Gasteiger partial charge in [0, 0.05) is 16.7 Å². The van der Waals surface area contributed by atoms with Gasteiger partial charge in [0.2, 0.25) is 0 Å². The second-order valence-electron chi connectivity index (χ2n) is 6.71. The summed E-state index contributed by atoms with van der Waals surface area (Å²) in [5.41, 5.74) is 7.08. The zero-order chi connectivity index (χ0) is 18.0. The fourth-order valence-corrected chi connectivity index (χ4v) is 2.41. The fourth-order valence-electron chi connectivity index (χ4n) is 2.41. The first kappa shape index (κ1) is 17.9. The van der Waals surface area contributed by atoms with Crippen molar-refractivity contribution in [3.63, 3.8) is 0 Å². The van der Waals surface area contributed by atoms with E-state index in [-0.39, 0.29) is 5.84 Å². The molecule has 0 spiro atoms. The van der Waals surface area contributed by atoms with E-state index < -0.39 is 11.1 Å². The first-order valence-corrected chi connectivity index (χ1v) is 7.79. The molecule has 0 saturated heterocycles. The molecule has 0 saturated carbocycles. The minimum absolute atomic E-state index is 0.111. The van der Waals surface area contributed by atoms with Gasteiger partial charge in [-0.3, -0.25) is 4.74 Å². The SMILES string of the molecule is CC1(C)N([O])C(c2ccc(OCCCN=[N+]=[N-])cc2)=[N+]([O-])C1(C)C. The van der Waals surface area contributed by atoms with E-state index in [1.165, 1.54) is 0 Å². The van der Waals surface area contributed by atoms with Gasteiger partial charge < -0.3 is 9.94 Å². The van der Waals surface area contributed by atoms with Gasteiger partial charge in [-0.25, -0.2) is 0 Å². The smallest absolute Gasteiger partial charge is 0.316 e. The van der Waals surface area contributed by atoms with Crippen LogP contribution in [0.3, 0.4) is 0 Å². The highest BCUT2D eigenvalue weighted by Crippen LogP contribution is 2.37. The normalized spacial score (nSPS) is 18.5. The molecular formula is C16H22N5O3. The first-order valence-electron chi connectivity index (χ1n) is 7.79. The molecule has 8 nitrogen and oxygen atoms in total. The van der Waals surface area contributed by atoms with Crippen LogP contribution in [0, 0.1) is 5.21 Å². The van der Waals surface area contributed by atoms with Gasteiger partial charge in [-0.1, -0.05) is 10.2 Å². The molecule has 0 aliphatic carbocycles. The molecule has 1 aromatic carbocycles. The third-order valence-electron chi connectivity index (χ3n) is 4.74. The summed E-state index contributed by atoms with van der Waals surface area (Å²) in [6.07, 6.45) is 0.619. The molecule has 0 aromatic heterocycles. The zero-order valence-electron chi connectivity index (χ0n) is 14.4. The van der Waals surface area contributed by atoms with Crippen LogP contribution in [-0.2, 0) is 5.21 Å². The van der Waals surface area contributed by atoms with Crippen molar-refractivity contribution in [1.29, 1.82) is 0 Å². The zero-order valence-corrected chi connectivity index (χ0v) is 14.4. The Morgan fingerprint density at radius 2 is 1.92 bits per heavy atom. The number of rotatable bonds is 6. The van der Waals surface area contributed by atoms with Gasteiger partial charge >= 0.3 is 5.84 Å². The quantitative estimate of drug-likeness (QED) is 0.199. The summed E-state index contributed by atoms with van der Waals surface area (Å²) < 4.78 is 6.32. The van der Waals surface area contributed by atoms with Crippen LogP contribution >= 0.6 is 0 Å². The van der Waals surface area contributed by atoms with Crippen molar-refractivity contribution in [2.24, 2.45) is 5.11 Å². The molecular weight excluding hydrogens is 310 g/mol. The number of azide groups is 1. The van der Waals surface area contributed by atoms with Crippen LogP contribution in [0.4, 0.5) is 0 Å². The Morgan fingerprint density at radius 3 is 2.42 bits per heavy atom. The predicted octanol–water partition coefficient (Wildman–Crippen LogP) is 3.24. The first-order chi connectivity index (χ1) is 11.2. The molecule has 2 rings (SSSR count). The van der Waals surface area contributed by atoms with Crippen molar-refractivity contribution in [3.05, 3.63) is 45.5 Å². The third kappa shape index (κ3) is 2.98. The van der Waals surface area contributed by atoms with Gasteiger partial charge in [0.1, 0.15) is 11.3 Å². The summed E-state index contributed by atoms with van der Waals surface area (Å²) in [4.78, 5) is 2.67. The lowest BCUT2D eigenvalue weighted by molar-refractivity contribution is -0.539. The van der Waals surface area contributed by atoms with Crippen molar-refractivity contribution in [2.45, 2.75) is 45.2 Å². The minimum Gasteiger partial charge on any atom is -0.714 e. The lowest BCUT2D eigenvalue weighted by atomic mass is 9.84. The molecule has 0 amide bonds. The summed E-state index contributed by atoms with van der Waals surface area (Å²) in [5.74, 6) is 0.742. The average molecular weight is 332 g/mol. The molecule has 1 aliphatic rings. The second kappa shape index (κ2) is 6.59. The van der Waals surface area contributed by atoms with Gasteiger partial charge in [0.15, 0.2) is 5.54 Å². The van der Waals surface area contributed by atoms with Gasteiger partial charge in [-0.05, 0) is 63.9 Å². The van der Waals surface area contributed by atoms with Gasteiger partial charge in [-0.15, -0.1) is 0 Å². The summed E-state index contributed by atoms with van der Waals surface area (Å²) in [5, 5.41) is 29.4. The molecule has 0 N–H and O–H groups in total. The molecule has 0 atom stereocenters. The van der Waals surface area contributed by atoms with Crippen LogP contribution in [0.2, 0.25) is 0 Å². The molecule has 1 aliphatic heterocycles. The highest BCUT2D eigenvalue weighted by Gasteiger charge is 2.59. The van der Waals surface area contributed by atoms with Crippen LogP contribution in [0.1, 0.15) is 39.7 Å². The molecule has 8 heteroatoms. The maximum absolute atomic E-state index is 12.6. The summed E-state index contributed by atoms with van der Waals surface area (Å²) >= 11 is 0. The Kier molecular flexibility index (Phi) is 4.91. The van der Waals surface area contributed by atoms with Crippen LogP contribution in [0.25, 0.3) is 10.4 Å². The van der Waals surface area contributed by atoms with Crippen molar-refractivity contribution < 1.29 is 14.7 Å². The molecule has 24 heavy (non-hydrogen) atoms. The van der Waals surface area contributed by atoms with E-state index in [4.69, 9.17) is 10.3 Å². The highest BCUT2D eigenvalue weighted by atomic mass is 16.5. The maximum Gasteiger partial charge on any atom is 0.316 e. The van der Waals surface area contributed by atoms with Crippen molar-refractivity contribution in [3.8, 4) is 5.75 Å². The number of hydrogen-bond acceptors (Lipinski definition) is 4. The maximum atomic E-state index is 12.6. The summed E-state index contributed by atoms with van der Waals surface area (Å²) in [7, 11) is 0. The number of nitrogens with zero attached hydrogens (tertiary/aromatic N) is 5. The fraction of sp³-hybridized carbons (Fsp3) is 0.562. The van der Waals surface area contributed by atoms with E-state index in [2.05, 4.69) is 10.0 Å². The van der Waals surface area contributed by atoms with Crippen LogP contribution in [-0.4, -0.2) is 39.9 Å². The Bertz CT molecular complexity index is 675. The molecule has 1 radical (unpaired) electrons. The molecule has 129 valence electrons. The van der Waals surface area contributed by atoms with E-state index in [0.717, 1.165) is 9.80 Å². The third-order valence-corrected chi connectivity index (χ3v) is 4.74. The number of hydrogen-bond donors (Lipinski definition) is 0. The highest BCUT2D eigenvalue weighted by molar-refractivity contribution is 5.96. The molecule has 0 fully saturated rings.